The molecule has 1 atom stereocenters. The molecule has 2 aromatic carbocycles. The van der Waals surface area contributed by atoms with E-state index in [2.05, 4.69) is 15.5 Å². The van der Waals surface area contributed by atoms with Crippen LogP contribution in [-0.2, 0) is 32.2 Å². The summed E-state index contributed by atoms with van der Waals surface area (Å²) in [4.78, 5) is 57.2. The van der Waals surface area contributed by atoms with E-state index in [0.29, 0.717) is 5.75 Å². The summed E-state index contributed by atoms with van der Waals surface area (Å²) in [6.45, 7) is 4.52. The van der Waals surface area contributed by atoms with Gasteiger partial charge in [-0.25, -0.2) is 0 Å². The molecule has 0 bridgehead atoms. The fraction of sp³-hybridized carbons (Fsp3) is 0.448. The summed E-state index contributed by atoms with van der Waals surface area (Å²) in [6.07, 6.45) is -0.300. The Morgan fingerprint density at radius 3 is 2.48 bits per heavy atom. The zero-order chi connectivity index (χ0) is 28.5. The van der Waals surface area contributed by atoms with Gasteiger partial charge in [-0.05, 0) is 23.3 Å². The number of hydrogen-bond acceptors (Lipinski definition) is 7. The topological polar surface area (TPSA) is 121 Å². The molecule has 1 saturated heterocycles. The van der Waals surface area contributed by atoms with E-state index in [1.807, 2.05) is 24.3 Å². The van der Waals surface area contributed by atoms with Gasteiger partial charge in [0.25, 0.3) is 5.91 Å². The van der Waals surface area contributed by atoms with Crippen LogP contribution in [0.15, 0.2) is 48.5 Å². The van der Waals surface area contributed by atoms with Gasteiger partial charge in [0.05, 0.1) is 38.3 Å². The van der Waals surface area contributed by atoms with Crippen LogP contribution in [0.4, 0.5) is 0 Å². The molecule has 40 heavy (non-hydrogen) atoms. The number of fused-ring (bicyclic) bond motifs is 1. The number of nitrogens with one attached hydrogen (secondary N) is 2. The molecule has 2 aromatic rings. The van der Waals surface area contributed by atoms with Gasteiger partial charge in [-0.2, -0.15) is 0 Å². The minimum atomic E-state index is -1.15. The number of rotatable bonds is 5. The number of ether oxygens (including phenoxy) is 2. The van der Waals surface area contributed by atoms with Crippen molar-refractivity contribution in [3.05, 3.63) is 65.2 Å². The largest absolute Gasteiger partial charge is 0.491 e. The highest BCUT2D eigenvalue weighted by Crippen LogP contribution is 2.19. The number of hydrogen-bond donors (Lipinski definition) is 2. The van der Waals surface area contributed by atoms with Crippen molar-refractivity contribution in [3.63, 3.8) is 0 Å². The lowest BCUT2D eigenvalue weighted by Gasteiger charge is -2.26. The van der Waals surface area contributed by atoms with Gasteiger partial charge >= 0.3 is 0 Å². The van der Waals surface area contributed by atoms with Gasteiger partial charge in [0, 0.05) is 40.3 Å². The predicted octanol–water partition coefficient (Wildman–Crippen LogP) is 0.633. The highest BCUT2D eigenvalue weighted by atomic mass is 16.5. The quantitative estimate of drug-likeness (QED) is 0.560. The molecule has 2 aliphatic rings. The lowest BCUT2D eigenvalue weighted by molar-refractivity contribution is -0.140. The second-order valence-corrected chi connectivity index (χ2v) is 10.1. The number of amides is 4. The van der Waals surface area contributed by atoms with Crippen LogP contribution in [0, 0.1) is 0 Å². The highest BCUT2D eigenvalue weighted by molar-refractivity contribution is 6.00. The molecule has 2 N–H and O–H groups in total. The zero-order valence-electron chi connectivity index (χ0n) is 23.1. The molecule has 0 aromatic heterocycles. The Kier molecular flexibility index (Phi) is 10.1. The van der Waals surface area contributed by atoms with Crippen molar-refractivity contribution in [2.24, 2.45) is 0 Å². The molecule has 11 nitrogen and oxygen atoms in total. The molecule has 4 rings (SSSR count). The summed E-state index contributed by atoms with van der Waals surface area (Å²) in [7, 11) is 3.13. The Balaban J connectivity index is 1.48. The molecular formula is C29H37N5O6. The molecule has 1 fully saturated rings. The molecule has 2 heterocycles. The number of likely N-dealkylation sites (N-methyl/N-ethyl adjacent to an activating group) is 2. The van der Waals surface area contributed by atoms with Gasteiger partial charge in [-0.15, -0.1) is 0 Å². The van der Waals surface area contributed by atoms with Gasteiger partial charge in [-0.1, -0.05) is 36.4 Å². The Hall–Kier alpha value is -3.96. The van der Waals surface area contributed by atoms with Crippen molar-refractivity contribution in [2.75, 3.05) is 60.1 Å². The lowest BCUT2D eigenvalue weighted by Crippen LogP contribution is -2.50. The summed E-state index contributed by atoms with van der Waals surface area (Å²) in [5.41, 5.74) is 2.27. The number of carbonyl (C=O) groups excluding carboxylic acids is 4. The van der Waals surface area contributed by atoms with Crippen molar-refractivity contribution in [1.29, 1.82) is 0 Å². The normalized spacial score (nSPS) is 19.8. The first-order valence-electron chi connectivity index (χ1n) is 13.5. The van der Waals surface area contributed by atoms with E-state index in [9.17, 15) is 19.2 Å². The summed E-state index contributed by atoms with van der Waals surface area (Å²) in [5, 5.41) is 5.57. The second kappa shape index (κ2) is 13.9. The second-order valence-electron chi connectivity index (χ2n) is 10.1. The monoisotopic (exact) mass is 551 g/mol. The first-order valence-corrected chi connectivity index (χ1v) is 13.5. The standard InChI is InChI=1S/C29H37N5O6/c1-32-10-15-40-25-9-4-3-8-23(25)28(37)31-24(17-26(35)33(2)20-27(32)36)29(38)30-18-21-6-5-7-22(16-21)19-34-11-13-39-14-12-34/h3-9,16,24H,10-15,17-20H2,1-2H3,(H,30,38)(H,31,37)/t24-/m0/s1. The summed E-state index contributed by atoms with van der Waals surface area (Å²) in [5.74, 6) is -1.39. The van der Waals surface area contributed by atoms with Crippen LogP contribution in [0.1, 0.15) is 27.9 Å². The summed E-state index contributed by atoms with van der Waals surface area (Å²) < 4.78 is 11.2. The summed E-state index contributed by atoms with van der Waals surface area (Å²) >= 11 is 0. The van der Waals surface area contributed by atoms with E-state index in [1.165, 1.54) is 16.8 Å². The van der Waals surface area contributed by atoms with Crippen LogP contribution < -0.4 is 15.4 Å². The smallest absolute Gasteiger partial charge is 0.255 e. The van der Waals surface area contributed by atoms with Crippen molar-refractivity contribution >= 4 is 23.6 Å². The Morgan fingerprint density at radius 2 is 1.68 bits per heavy atom. The van der Waals surface area contributed by atoms with Crippen LogP contribution in [0.5, 0.6) is 5.75 Å². The van der Waals surface area contributed by atoms with E-state index in [0.717, 1.165) is 44.0 Å². The van der Waals surface area contributed by atoms with Gasteiger partial charge in [0.15, 0.2) is 0 Å². The van der Waals surface area contributed by atoms with Gasteiger partial charge < -0.3 is 29.9 Å². The molecule has 4 amide bonds. The molecule has 0 radical (unpaired) electrons. The number of carbonyl (C=O) groups is 4. The molecule has 2 aliphatic heterocycles. The third-order valence-corrected chi connectivity index (χ3v) is 7.01. The SMILES string of the molecule is CN1CCOc2ccccc2C(=O)N[C@H](C(=O)NCc2cccc(CN3CCOCC3)c2)CC(=O)N(C)CC1=O. The van der Waals surface area contributed by atoms with Crippen LogP contribution in [0.25, 0.3) is 0 Å². The van der Waals surface area contributed by atoms with Gasteiger partial charge in [-0.3, -0.25) is 24.1 Å². The van der Waals surface area contributed by atoms with Crippen molar-refractivity contribution in [1.82, 2.24) is 25.3 Å². The predicted molar refractivity (Wildman–Crippen MR) is 147 cm³/mol. The molecule has 0 aliphatic carbocycles. The average Bonchev–Trinajstić information content (AvgIpc) is 2.95. The molecule has 214 valence electrons. The zero-order valence-corrected chi connectivity index (χ0v) is 23.1. The first kappa shape index (κ1) is 29.0. The maximum Gasteiger partial charge on any atom is 0.255 e. The Bertz CT molecular complexity index is 1210. The molecule has 0 saturated carbocycles. The molecule has 0 spiro atoms. The van der Waals surface area contributed by atoms with Crippen LogP contribution >= 0.6 is 0 Å². The van der Waals surface area contributed by atoms with Crippen molar-refractivity contribution in [2.45, 2.75) is 25.6 Å². The maximum absolute atomic E-state index is 13.3. The van der Waals surface area contributed by atoms with E-state index < -0.39 is 23.8 Å². The van der Waals surface area contributed by atoms with Crippen molar-refractivity contribution in [3.8, 4) is 5.75 Å². The Morgan fingerprint density at radius 1 is 0.925 bits per heavy atom. The highest BCUT2D eigenvalue weighted by Gasteiger charge is 2.28. The summed E-state index contributed by atoms with van der Waals surface area (Å²) in [6, 6.07) is 13.5. The van der Waals surface area contributed by atoms with Crippen LogP contribution in [0.3, 0.4) is 0 Å². The first-order chi connectivity index (χ1) is 19.3. The van der Waals surface area contributed by atoms with Gasteiger partial charge in [0.1, 0.15) is 18.4 Å². The number of morpholine rings is 1. The van der Waals surface area contributed by atoms with Crippen molar-refractivity contribution < 1.29 is 28.7 Å². The number of benzene rings is 2. The number of para-hydroxylation sites is 1. The fourth-order valence-electron chi connectivity index (χ4n) is 4.55. The lowest BCUT2D eigenvalue weighted by atomic mass is 10.1. The fourth-order valence-corrected chi connectivity index (χ4v) is 4.55. The van der Waals surface area contributed by atoms with E-state index in [4.69, 9.17) is 9.47 Å². The third kappa shape index (κ3) is 8.03. The average molecular weight is 552 g/mol. The molecule has 11 heteroatoms. The Labute approximate surface area is 234 Å². The van der Waals surface area contributed by atoms with E-state index >= 15 is 0 Å². The molecular weight excluding hydrogens is 514 g/mol. The molecule has 0 unspecified atom stereocenters. The van der Waals surface area contributed by atoms with Gasteiger partial charge in [0.2, 0.25) is 17.7 Å². The van der Waals surface area contributed by atoms with E-state index in [1.54, 1.807) is 31.3 Å². The van der Waals surface area contributed by atoms with Crippen LogP contribution in [-0.4, -0.2) is 104 Å². The minimum Gasteiger partial charge on any atom is -0.491 e. The minimum absolute atomic E-state index is 0.149. The maximum atomic E-state index is 13.3. The van der Waals surface area contributed by atoms with E-state index in [-0.39, 0.29) is 44.1 Å². The third-order valence-electron chi connectivity index (χ3n) is 7.01. The van der Waals surface area contributed by atoms with Crippen LogP contribution in [0.2, 0.25) is 0 Å². The number of nitrogens with zero attached hydrogens (tertiary/aromatic N) is 3.